The smallest absolute Gasteiger partial charge is 0.144 e. The molecule has 0 aliphatic carbocycles. The van der Waals surface area contributed by atoms with Gasteiger partial charge < -0.3 is 10.2 Å². The van der Waals surface area contributed by atoms with Crippen molar-refractivity contribution in [1.29, 1.82) is 0 Å². The largest absolute Gasteiger partial charge is 0.359 e. The number of aryl methyl sites for hydroxylation is 1. The molecule has 1 saturated heterocycles. The minimum absolute atomic E-state index is 0.965. The van der Waals surface area contributed by atoms with Crippen LogP contribution in [0.2, 0.25) is 0 Å². The first-order chi connectivity index (χ1) is 8.84. The van der Waals surface area contributed by atoms with Crippen LogP contribution in [0.25, 0.3) is 10.7 Å². The van der Waals surface area contributed by atoms with Crippen LogP contribution in [0.1, 0.15) is 5.69 Å². The Bertz CT molecular complexity index is 517. The summed E-state index contributed by atoms with van der Waals surface area (Å²) in [7, 11) is 0. The lowest BCUT2D eigenvalue weighted by Crippen LogP contribution is -2.43. The summed E-state index contributed by atoms with van der Waals surface area (Å²) in [5.74, 6) is 0. The van der Waals surface area contributed by atoms with E-state index in [2.05, 4.69) is 27.1 Å². The highest BCUT2D eigenvalue weighted by atomic mass is 32.1. The minimum atomic E-state index is 0.965. The van der Waals surface area contributed by atoms with E-state index in [0.29, 0.717) is 0 Å². The quantitative estimate of drug-likeness (QED) is 0.895. The molecule has 5 heteroatoms. The maximum Gasteiger partial charge on any atom is 0.144 e. The number of hydrogen-bond acceptors (Lipinski definition) is 5. The van der Waals surface area contributed by atoms with Crippen LogP contribution in [-0.4, -0.2) is 36.1 Å². The summed E-state index contributed by atoms with van der Waals surface area (Å²) in [6.07, 6.45) is 1.82. The van der Waals surface area contributed by atoms with Crippen LogP contribution in [0.4, 0.5) is 5.00 Å². The lowest BCUT2D eigenvalue weighted by molar-refractivity contribution is 0.591. The lowest BCUT2D eigenvalue weighted by atomic mass is 10.3. The van der Waals surface area contributed by atoms with Gasteiger partial charge in [0.2, 0.25) is 0 Å². The van der Waals surface area contributed by atoms with Gasteiger partial charge in [-0.15, -0.1) is 0 Å². The van der Waals surface area contributed by atoms with Crippen LogP contribution in [0.15, 0.2) is 24.4 Å². The van der Waals surface area contributed by atoms with Gasteiger partial charge in [0, 0.05) is 32.4 Å². The molecule has 2 aromatic heterocycles. The second kappa shape index (κ2) is 5.04. The summed E-state index contributed by atoms with van der Waals surface area (Å²) < 4.78 is 0. The number of nitrogens with zero attached hydrogens (tertiary/aromatic N) is 3. The zero-order valence-corrected chi connectivity index (χ0v) is 11.2. The van der Waals surface area contributed by atoms with Crippen molar-refractivity contribution in [3.05, 3.63) is 30.1 Å². The van der Waals surface area contributed by atoms with E-state index in [1.807, 2.05) is 24.4 Å². The fourth-order valence-corrected chi connectivity index (χ4v) is 3.24. The zero-order valence-electron chi connectivity index (χ0n) is 10.4. The first-order valence-electron chi connectivity index (χ1n) is 6.19. The Balaban J connectivity index is 1.91. The topological polar surface area (TPSA) is 41.1 Å². The Morgan fingerprint density at radius 2 is 2.11 bits per heavy atom. The standard InChI is InChI=1S/C13H16N4S/c1-10-13(17-8-6-14-7-9-17)18-12(16-10)11-4-2-3-5-15-11/h2-5,14H,6-9H2,1H3. The van der Waals surface area contributed by atoms with E-state index in [1.54, 1.807) is 11.3 Å². The summed E-state index contributed by atoms with van der Waals surface area (Å²) in [4.78, 5) is 11.4. The van der Waals surface area contributed by atoms with Crippen LogP contribution < -0.4 is 10.2 Å². The maximum absolute atomic E-state index is 4.65. The first kappa shape index (κ1) is 11.6. The van der Waals surface area contributed by atoms with Gasteiger partial charge >= 0.3 is 0 Å². The normalized spacial score (nSPS) is 15.9. The molecule has 0 unspecified atom stereocenters. The van der Waals surface area contributed by atoms with E-state index in [0.717, 1.165) is 42.6 Å². The second-order valence-corrected chi connectivity index (χ2v) is 5.34. The fourth-order valence-electron chi connectivity index (χ4n) is 2.15. The molecule has 0 atom stereocenters. The maximum atomic E-state index is 4.65. The van der Waals surface area contributed by atoms with Gasteiger partial charge in [-0.2, -0.15) is 0 Å². The van der Waals surface area contributed by atoms with Crippen molar-refractivity contribution in [2.45, 2.75) is 6.92 Å². The molecule has 0 radical (unpaired) electrons. The van der Waals surface area contributed by atoms with Crippen molar-refractivity contribution in [2.24, 2.45) is 0 Å². The van der Waals surface area contributed by atoms with Crippen LogP contribution in [0.5, 0.6) is 0 Å². The highest BCUT2D eigenvalue weighted by Gasteiger charge is 2.17. The van der Waals surface area contributed by atoms with E-state index in [-0.39, 0.29) is 0 Å². The number of thiazole rings is 1. The zero-order chi connectivity index (χ0) is 12.4. The first-order valence-corrected chi connectivity index (χ1v) is 7.01. The van der Waals surface area contributed by atoms with Gasteiger partial charge in [0.05, 0.1) is 11.4 Å². The van der Waals surface area contributed by atoms with Crippen molar-refractivity contribution in [3.8, 4) is 10.7 Å². The number of hydrogen-bond donors (Lipinski definition) is 1. The highest BCUT2D eigenvalue weighted by molar-refractivity contribution is 7.19. The molecule has 18 heavy (non-hydrogen) atoms. The predicted octanol–water partition coefficient (Wildman–Crippen LogP) is 1.92. The van der Waals surface area contributed by atoms with Crippen LogP contribution in [-0.2, 0) is 0 Å². The summed E-state index contributed by atoms with van der Waals surface area (Å²) in [6.45, 7) is 6.31. The molecule has 2 aromatic rings. The molecule has 0 bridgehead atoms. The number of pyridine rings is 1. The number of aromatic nitrogens is 2. The van der Waals surface area contributed by atoms with Gasteiger partial charge in [-0.1, -0.05) is 17.4 Å². The van der Waals surface area contributed by atoms with Gasteiger partial charge in [0.1, 0.15) is 10.0 Å². The Hall–Kier alpha value is -1.46. The van der Waals surface area contributed by atoms with Crippen molar-refractivity contribution in [3.63, 3.8) is 0 Å². The van der Waals surface area contributed by atoms with E-state index < -0.39 is 0 Å². The third-order valence-corrected chi connectivity index (χ3v) is 4.30. The Kier molecular flexibility index (Phi) is 3.25. The molecule has 1 N–H and O–H groups in total. The lowest BCUT2D eigenvalue weighted by Gasteiger charge is -2.28. The summed E-state index contributed by atoms with van der Waals surface area (Å²) in [5.41, 5.74) is 2.08. The van der Waals surface area contributed by atoms with Gasteiger partial charge in [0.25, 0.3) is 0 Å². The Labute approximate surface area is 111 Å². The molecule has 1 fully saturated rings. The summed E-state index contributed by atoms with van der Waals surface area (Å²) in [5, 5.41) is 5.68. The summed E-state index contributed by atoms with van der Waals surface area (Å²) >= 11 is 1.74. The predicted molar refractivity (Wildman–Crippen MR) is 75.2 cm³/mol. The van der Waals surface area contributed by atoms with Gasteiger partial charge in [-0.05, 0) is 19.1 Å². The van der Waals surface area contributed by atoms with Crippen LogP contribution >= 0.6 is 11.3 Å². The van der Waals surface area contributed by atoms with Crippen LogP contribution in [0, 0.1) is 6.92 Å². The average molecular weight is 260 g/mol. The molecule has 1 aliphatic rings. The van der Waals surface area contributed by atoms with E-state index in [4.69, 9.17) is 0 Å². The molecule has 94 valence electrons. The van der Waals surface area contributed by atoms with Crippen molar-refractivity contribution >= 4 is 16.3 Å². The molecule has 0 spiro atoms. The number of rotatable bonds is 2. The molecule has 0 amide bonds. The monoisotopic (exact) mass is 260 g/mol. The molecule has 1 aliphatic heterocycles. The number of anilines is 1. The molecular weight excluding hydrogens is 244 g/mol. The van der Waals surface area contributed by atoms with Gasteiger partial charge in [0.15, 0.2) is 0 Å². The third kappa shape index (κ3) is 2.23. The van der Waals surface area contributed by atoms with Crippen LogP contribution in [0.3, 0.4) is 0 Å². The Morgan fingerprint density at radius 1 is 1.28 bits per heavy atom. The average Bonchev–Trinajstić information content (AvgIpc) is 2.83. The molecule has 3 rings (SSSR count). The molecular formula is C13H16N4S. The summed E-state index contributed by atoms with van der Waals surface area (Å²) in [6, 6.07) is 5.95. The molecule has 4 nitrogen and oxygen atoms in total. The minimum Gasteiger partial charge on any atom is -0.359 e. The van der Waals surface area contributed by atoms with Crippen molar-refractivity contribution < 1.29 is 0 Å². The third-order valence-electron chi connectivity index (χ3n) is 3.06. The van der Waals surface area contributed by atoms with Crippen molar-refractivity contribution in [1.82, 2.24) is 15.3 Å². The number of nitrogens with one attached hydrogen (secondary N) is 1. The van der Waals surface area contributed by atoms with Gasteiger partial charge in [-0.25, -0.2) is 4.98 Å². The van der Waals surface area contributed by atoms with Gasteiger partial charge in [-0.3, -0.25) is 4.98 Å². The SMILES string of the molecule is Cc1nc(-c2ccccn2)sc1N1CCNCC1. The molecule has 0 aromatic carbocycles. The van der Waals surface area contributed by atoms with Crippen molar-refractivity contribution in [2.75, 3.05) is 31.1 Å². The Morgan fingerprint density at radius 3 is 2.83 bits per heavy atom. The number of piperazine rings is 1. The fraction of sp³-hybridized carbons (Fsp3) is 0.385. The second-order valence-electron chi connectivity index (χ2n) is 4.36. The van der Waals surface area contributed by atoms with E-state index in [1.165, 1.54) is 5.00 Å². The highest BCUT2D eigenvalue weighted by Crippen LogP contribution is 2.33. The van der Waals surface area contributed by atoms with E-state index in [9.17, 15) is 0 Å². The molecule has 0 saturated carbocycles. The molecule has 3 heterocycles. The van der Waals surface area contributed by atoms with E-state index >= 15 is 0 Å².